The number of aromatic nitrogens is 2. The lowest BCUT2D eigenvalue weighted by Crippen LogP contribution is -1.95. The molecule has 4 N–H and O–H groups in total. The van der Waals surface area contributed by atoms with Gasteiger partial charge in [0.15, 0.2) is 5.82 Å². The van der Waals surface area contributed by atoms with Gasteiger partial charge in [-0.25, -0.2) is 4.98 Å². The molecule has 6 nitrogen and oxygen atoms in total. The highest BCUT2D eigenvalue weighted by Crippen LogP contribution is 2.25. The molecule has 0 atom stereocenters. The van der Waals surface area contributed by atoms with E-state index in [1.165, 1.54) is 6.20 Å². The van der Waals surface area contributed by atoms with E-state index in [0.717, 1.165) is 0 Å². The Morgan fingerprint density at radius 1 is 1.06 bits per heavy atom. The van der Waals surface area contributed by atoms with E-state index in [4.69, 9.17) is 11.5 Å². The predicted octanol–water partition coefficient (Wildman–Crippen LogP) is 2.06. The first-order valence-corrected chi connectivity index (χ1v) is 4.59. The topological polar surface area (TPSA) is 103 Å². The van der Waals surface area contributed by atoms with Crippen LogP contribution in [0.25, 0.3) is 0 Å². The van der Waals surface area contributed by atoms with Crippen molar-refractivity contribution in [1.29, 1.82) is 0 Å². The Labute approximate surface area is 92.1 Å². The van der Waals surface area contributed by atoms with Gasteiger partial charge in [-0.2, -0.15) is 0 Å². The average molecular weight is 214 g/mol. The fourth-order valence-electron chi connectivity index (χ4n) is 1.07. The molecule has 0 fully saturated rings. The zero-order valence-corrected chi connectivity index (χ0v) is 8.41. The minimum absolute atomic E-state index is 0.309. The van der Waals surface area contributed by atoms with E-state index in [1.54, 1.807) is 30.6 Å². The molecule has 0 aliphatic heterocycles. The van der Waals surface area contributed by atoms with Crippen LogP contribution in [0.5, 0.6) is 0 Å². The molecule has 0 amide bonds. The molecule has 0 spiro atoms. The molecular weight excluding hydrogens is 204 g/mol. The molecule has 2 rings (SSSR count). The molecule has 0 aliphatic rings. The van der Waals surface area contributed by atoms with Gasteiger partial charge in [-0.05, 0) is 18.2 Å². The summed E-state index contributed by atoms with van der Waals surface area (Å²) in [6.07, 6.45) is 4.78. The molecule has 80 valence electrons. The van der Waals surface area contributed by atoms with E-state index in [1.807, 2.05) is 0 Å². The van der Waals surface area contributed by atoms with Gasteiger partial charge in [0, 0.05) is 12.4 Å². The number of nitrogens with zero attached hydrogens (tertiary/aromatic N) is 4. The molecule has 0 radical (unpaired) electrons. The van der Waals surface area contributed by atoms with Crippen LogP contribution in [-0.2, 0) is 0 Å². The van der Waals surface area contributed by atoms with E-state index in [2.05, 4.69) is 20.2 Å². The fraction of sp³-hybridized carbons (Fsp3) is 0. The summed E-state index contributed by atoms with van der Waals surface area (Å²) in [4.78, 5) is 7.88. The molecule has 6 heteroatoms. The van der Waals surface area contributed by atoms with Gasteiger partial charge in [0.25, 0.3) is 0 Å². The lowest BCUT2D eigenvalue weighted by Gasteiger charge is -2.00. The zero-order valence-electron chi connectivity index (χ0n) is 8.41. The van der Waals surface area contributed by atoms with E-state index in [-0.39, 0.29) is 0 Å². The van der Waals surface area contributed by atoms with Crippen molar-refractivity contribution in [2.45, 2.75) is 0 Å². The van der Waals surface area contributed by atoms with Crippen molar-refractivity contribution in [3.63, 3.8) is 0 Å². The van der Waals surface area contributed by atoms with E-state index in [0.29, 0.717) is 22.9 Å². The molecule has 0 saturated carbocycles. The van der Waals surface area contributed by atoms with Crippen molar-refractivity contribution in [3.05, 3.63) is 36.8 Å². The summed E-state index contributed by atoms with van der Waals surface area (Å²) in [5.41, 5.74) is 12.7. The Bertz CT molecular complexity index is 508. The van der Waals surface area contributed by atoms with Gasteiger partial charge in [0.05, 0.1) is 11.9 Å². The number of nitrogens with two attached hydrogens (primary N) is 2. The van der Waals surface area contributed by atoms with E-state index in [9.17, 15) is 0 Å². The smallest absolute Gasteiger partial charge is 0.199 e. The van der Waals surface area contributed by atoms with Crippen LogP contribution in [0.2, 0.25) is 0 Å². The SMILES string of the molecule is Nc1ccnc(N=Nc2cccnc2)c1N. The second-order valence-electron chi connectivity index (χ2n) is 3.05. The third kappa shape index (κ3) is 2.11. The fourth-order valence-corrected chi connectivity index (χ4v) is 1.07. The van der Waals surface area contributed by atoms with Crippen LogP contribution in [0, 0.1) is 0 Å². The van der Waals surface area contributed by atoms with Crippen LogP contribution in [-0.4, -0.2) is 9.97 Å². The third-order valence-electron chi connectivity index (χ3n) is 1.91. The number of anilines is 2. The average Bonchev–Trinajstić information content (AvgIpc) is 2.32. The minimum Gasteiger partial charge on any atom is -0.397 e. The summed E-state index contributed by atoms with van der Waals surface area (Å²) >= 11 is 0. The van der Waals surface area contributed by atoms with Gasteiger partial charge in [0.2, 0.25) is 0 Å². The summed E-state index contributed by atoms with van der Waals surface area (Å²) in [5, 5.41) is 7.85. The van der Waals surface area contributed by atoms with Crippen LogP contribution in [0.3, 0.4) is 0 Å². The summed E-state index contributed by atoms with van der Waals surface area (Å²) in [7, 11) is 0. The highest BCUT2D eigenvalue weighted by atomic mass is 15.2. The molecule has 2 aromatic rings. The van der Waals surface area contributed by atoms with Crippen LogP contribution in [0.15, 0.2) is 47.0 Å². The van der Waals surface area contributed by atoms with Crippen molar-refractivity contribution < 1.29 is 0 Å². The Morgan fingerprint density at radius 2 is 1.94 bits per heavy atom. The van der Waals surface area contributed by atoms with Gasteiger partial charge >= 0.3 is 0 Å². The number of nitrogen functional groups attached to an aromatic ring is 2. The minimum atomic E-state index is 0.309. The number of rotatable bonds is 2. The van der Waals surface area contributed by atoms with Crippen molar-refractivity contribution >= 4 is 22.9 Å². The first-order chi connectivity index (χ1) is 7.77. The van der Waals surface area contributed by atoms with Crippen LogP contribution < -0.4 is 11.5 Å². The second kappa shape index (κ2) is 4.35. The molecule has 0 aliphatic carbocycles. The molecule has 0 aromatic carbocycles. The largest absolute Gasteiger partial charge is 0.397 e. The van der Waals surface area contributed by atoms with E-state index < -0.39 is 0 Å². The molecule has 16 heavy (non-hydrogen) atoms. The van der Waals surface area contributed by atoms with Gasteiger partial charge < -0.3 is 11.5 Å². The Balaban J connectivity index is 2.28. The number of hydrogen-bond acceptors (Lipinski definition) is 6. The first-order valence-electron chi connectivity index (χ1n) is 4.59. The van der Waals surface area contributed by atoms with Crippen molar-refractivity contribution in [3.8, 4) is 0 Å². The Kier molecular flexibility index (Phi) is 2.73. The van der Waals surface area contributed by atoms with Crippen LogP contribution >= 0.6 is 0 Å². The van der Waals surface area contributed by atoms with Crippen LogP contribution in [0.1, 0.15) is 0 Å². The highest BCUT2D eigenvalue weighted by molar-refractivity contribution is 5.72. The number of azo groups is 1. The standard InChI is InChI=1S/C10H10N6/c11-8-3-5-14-10(9(8)12)16-15-7-2-1-4-13-6-7/h1-6H,12H2,(H2,11,14). The monoisotopic (exact) mass is 214 g/mol. The molecule has 2 heterocycles. The van der Waals surface area contributed by atoms with Crippen molar-refractivity contribution in [2.75, 3.05) is 11.5 Å². The molecular formula is C10H10N6. The molecule has 0 saturated heterocycles. The lowest BCUT2D eigenvalue weighted by molar-refractivity contribution is 1.15. The normalized spacial score (nSPS) is 10.8. The Hall–Kier alpha value is -2.50. The van der Waals surface area contributed by atoms with Gasteiger partial charge in [-0.1, -0.05) is 0 Å². The zero-order chi connectivity index (χ0) is 11.4. The summed E-state index contributed by atoms with van der Waals surface area (Å²) < 4.78 is 0. The lowest BCUT2D eigenvalue weighted by atomic mass is 10.3. The van der Waals surface area contributed by atoms with Gasteiger partial charge in [0.1, 0.15) is 11.4 Å². The van der Waals surface area contributed by atoms with E-state index >= 15 is 0 Å². The maximum Gasteiger partial charge on any atom is 0.199 e. The first kappa shape index (κ1) is 10.0. The molecule has 0 unspecified atom stereocenters. The number of hydrogen-bond donors (Lipinski definition) is 2. The summed E-state index contributed by atoms with van der Waals surface area (Å²) in [6.45, 7) is 0. The third-order valence-corrected chi connectivity index (χ3v) is 1.91. The second-order valence-corrected chi connectivity index (χ2v) is 3.05. The van der Waals surface area contributed by atoms with Gasteiger partial charge in [-0.15, -0.1) is 10.2 Å². The predicted molar refractivity (Wildman–Crippen MR) is 61.5 cm³/mol. The Morgan fingerprint density at radius 3 is 2.69 bits per heavy atom. The maximum atomic E-state index is 5.69. The summed E-state index contributed by atoms with van der Waals surface area (Å²) in [5.74, 6) is 0.309. The van der Waals surface area contributed by atoms with Crippen molar-refractivity contribution in [1.82, 2.24) is 9.97 Å². The van der Waals surface area contributed by atoms with Gasteiger partial charge in [-0.3, -0.25) is 4.98 Å². The van der Waals surface area contributed by atoms with Crippen molar-refractivity contribution in [2.24, 2.45) is 10.2 Å². The maximum absolute atomic E-state index is 5.69. The molecule has 2 aromatic heterocycles. The number of pyridine rings is 2. The molecule has 0 bridgehead atoms. The van der Waals surface area contributed by atoms with Crippen LogP contribution in [0.4, 0.5) is 22.9 Å². The summed E-state index contributed by atoms with van der Waals surface area (Å²) in [6, 6.07) is 5.15. The quantitative estimate of drug-likeness (QED) is 0.746. The highest BCUT2D eigenvalue weighted by Gasteiger charge is 2.01.